The van der Waals surface area contributed by atoms with E-state index >= 15 is 0 Å². The molecule has 0 aliphatic carbocycles. The number of para-hydroxylation sites is 3. The second-order valence-corrected chi connectivity index (χ2v) is 5.89. The summed E-state index contributed by atoms with van der Waals surface area (Å²) in [6.07, 6.45) is 0. The van der Waals surface area contributed by atoms with Crippen LogP contribution in [0.3, 0.4) is 0 Å². The number of benzene rings is 3. The summed E-state index contributed by atoms with van der Waals surface area (Å²) in [5.74, 6) is 1.82. The first-order valence-electron chi connectivity index (χ1n) is 7.78. The summed E-state index contributed by atoms with van der Waals surface area (Å²) in [4.78, 5) is 0. The van der Waals surface area contributed by atoms with Gasteiger partial charge in [-0.3, -0.25) is 0 Å². The standard InChI is InChI=1S/C21H15NO/c1-22-17-11-5-2-8-14(17)20-15-9-3-6-12-18(15)23-19-13-7-4-10-16(19)21(20)22/h2-13H,1H3. The minimum atomic E-state index is 0.907. The van der Waals surface area contributed by atoms with E-state index in [1.807, 2.05) is 24.3 Å². The number of hydrogen-bond acceptors (Lipinski definition) is 1. The van der Waals surface area contributed by atoms with Crippen LogP contribution in [-0.2, 0) is 7.05 Å². The molecule has 4 aromatic rings. The van der Waals surface area contributed by atoms with Crippen LogP contribution in [0.5, 0.6) is 11.5 Å². The van der Waals surface area contributed by atoms with Crippen LogP contribution in [-0.4, -0.2) is 4.57 Å². The minimum Gasteiger partial charge on any atom is -0.456 e. The molecule has 0 saturated heterocycles. The van der Waals surface area contributed by atoms with Gasteiger partial charge in [-0.15, -0.1) is 0 Å². The molecule has 2 heteroatoms. The van der Waals surface area contributed by atoms with Crippen molar-refractivity contribution in [3.05, 3.63) is 72.8 Å². The van der Waals surface area contributed by atoms with E-state index in [4.69, 9.17) is 4.74 Å². The molecule has 1 aromatic heterocycles. The van der Waals surface area contributed by atoms with Gasteiger partial charge in [-0.2, -0.15) is 0 Å². The third-order valence-corrected chi connectivity index (χ3v) is 4.63. The van der Waals surface area contributed by atoms with Crippen molar-refractivity contribution < 1.29 is 4.74 Å². The lowest BCUT2D eigenvalue weighted by molar-refractivity contribution is 0.487. The molecular formula is C21H15NO. The first-order chi connectivity index (χ1) is 11.3. The van der Waals surface area contributed by atoms with Gasteiger partial charge >= 0.3 is 0 Å². The first kappa shape index (κ1) is 12.5. The topological polar surface area (TPSA) is 14.2 Å². The highest BCUT2D eigenvalue weighted by atomic mass is 16.5. The molecule has 2 nitrogen and oxygen atoms in total. The lowest BCUT2D eigenvalue weighted by atomic mass is 9.98. The summed E-state index contributed by atoms with van der Waals surface area (Å²) in [5, 5.41) is 1.26. The SMILES string of the molecule is Cn1c2c(c3ccccc31)-c1ccccc1Oc1ccccc1-2. The van der Waals surface area contributed by atoms with Gasteiger partial charge in [-0.1, -0.05) is 48.5 Å². The average Bonchev–Trinajstić information content (AvgIpc) is 2.80. The Bertz CT molecular complexity index is 1060. The number of hydrogen-bond donors (Lipinski definition) is 0. The van der Waals surface area contributed by atoms with Crippen LogP contribution in [0.15, 0.2) is 72.8 Å². The van der Waals surface area contributed by atoms with E-state index in [0.29, 0.717) is 0 Å². The fraction of sp³-hybridized carbons (Fsp3) is 0.0476. The Morgan fingerprint density at radius 3 is 2.13 bits per heavy atom. The van der Waals surface area contributed by atoms with Crippen molar-refractivity contribution in [2.75, 3.05) is 0 Å². The van der Waals surface area contributed by atoms with Gasteiger partial charge in [0.2, 0.25) is 0 Å². The number of ether oxygens (including phenoxy) is 1. The average molecular weight is 297 g/mol. The Morgan fingerprint density at radius 2 is 1.30 bits per heavy atom. The lowest BCUT2D eigenvalue weighted by Crippen LogP contribution is -1.92. The summed E-state index contributed by atoms with van der Waals surface area (Å²) in [7, 11) is 2.13. The van der Waals surface area contributed by atoms with Crippen LogP contribution in [0.1, 0.15) is 0 Å². The Morgan fingerprint density at radius 1 is 0.696 bits per heavy atom. The van der Waals surface area contributed by atoms with Crippen molar-refractivity contribution in [3.63, 3.8) is 0 Å². The lowest BCUT2D eigenvalue weighted by Gasteiger charge is -2.10. The van der Waals surface area contributed by atoms with Gasteiger partial charge < -0.3 is 9.30 Å². The molecule has 0 N–H and O–H groups in total. The maximum absolute atomic E-state index is 6.23. The third kappa shape index (κ3) is 1.63. The monoisotopic (exact) mass is 297 g/mol. The van der Waals surface area contributed by atoms with Crippen LogP contribution in [0.25, 0.3) is 33.3 Å². The van der Waals surface area contributed by atoms with Gasteiger partial charge in [0, 0.05) is 34.6 Å². The normalized spacial score (nSPS) is 12.0. The largest absolute Gasteiger partial charge is 0.456 e. The fourth-order valence-electron chi connectivity index (χ4n) is 3.61. The Labute approximate surface area is 134 Å². The molecule has 0 saturated carbocycles. The molecule has 1 aliphatic heterocycles. The molecule has 0 bridgehead atoms. The van der Waals surface area contributed by atoms with Gasteiger partial charge in [0.1, 0.15) is 11.5 Å². The smallest absolute Gasteiger partial charge is 0.136 e. The molecule has 110 valence electrons. The van der Waals surface area contributed by atoms with Crippen LogP contribution >= 0.6 is 0 Å². The second kappa shape index (κ2) is 4.50. The number of nitrogens with zero attached hydrogens (tertiary/aromatic N) is 1. The maximum Gasteiger partial charge on any atom is 0.136 e. The van der Waals surface area contributed by atoms with E-state index in [9.17, 15) is 0 Å². The van der Waals surface area contributed by atoms with Crippen molar-refractivity contribution in [2.45, 2.75) is 0 Å². The first-order valence-corrected chi connectivity index (χ1v) is 7.78. The van der Waals surface area contributed by atoms with Gasteiger partial charge in [0.05, 0.1) is 5.69 Å². The van der Waals surface area contributed by atoms with Crippen molar-refractivity contribution in [3.8, 4) is 33.9 Å². The third-order valence-electron chi connectivity index (χ3n) is 4.63. The van der Waals surface area contributed by atoms with Gasteiger partial charge in [-0.25, -0.2) is 0 Å². The van der Waals surface area contributed by atoms with Crippen LogP contribution in [0.2, 0.25) is 0 Å². The minimum absolute atomic E-state index is 0.907. The molecule has 0 radical (unpaired) electrons. The van der Waals surface area contributed by atoms with E-state index in [1.54, 1.807) is 0 Å². The summed E-state index contributed by atoms with van der Waals surface area (Å²) in [5.41, 5.74) is 5.99. The highest BCUT2D eigenvalue weighted by Gasteiger charge is 2.25. The van der Waals surface area contributed by atoms with Gasteiger partial charge in [-0.05, 0) is 24.3 Å². The predicted molar refractivity (Wildman–Crippen MR) is 93.9 cm³/mol. The van der Waals surface area contributed by atoms with Crippen LogP contribution < -0.4 is 4.74 Å². The van der Waals surface area contributed by atoms with Crippen molar-refractivity contribution in [1.82, 2.24) is 4.57 Å². The Kier molecular flexibility index (Phi) is 2.45. The molecule has 5 rings (SSSR count). The van der Waals surface area contributed by atoms with Crippen LogP contribution in [0, 0.1) is 0 Å². The van der Waals surface area contributed by atoms with Gasteiger partial charge in [0.15, 0.2) is 0 Å². The molecule has 0 spiro atoms. The molecule has 0 unspecified atom stereocenters. The van der Waals surface area contributed by atoms with E-state index in [0.717, 1.165) is 22.6 Å². The van der Waals surface area contributed by atoms with E-state index in [-0.39, 0.29) is 0 Å². The highest BCUT2D eigenvalue weighted by Crippen LogP contribution is 2.49. The zero-order valence-corrected chi connectivity index (χ0v) is 12.8. The molecule has 0 atom stereocenters. The van der Waals surface area contributed by atoms with Crippen molar-refractivity contribution >= 4 is 10.9 Å². The molecule has 0 amide bonds. The Hall–Kier alpha value is -3.00. The maximum atomic E-state index is 6.23. The molecular weight excluding hydrogens is 282 g/mol. The van der Waals surface area contributed by atoms with E-state index in [2.05, 4.69) is 60.1 Å². The predicted octanol–water partition coefficient (Wildman–Crippen LogP) is 5.62. The van der Waals surface area contributed by atoms with Crippen LogP contribution in [0.4, 0.5) is 0 Å². The summed E-state index contributed by atoms with van der Waals surface area (Å²) in [6, 6.07) is 25.1. The summed E-state index contributed by atoms with van der Waals surface area (Å²) < 4.78 is 8.51. The van der Waals surface area contributed by atoms with Crippen molar-refractivity contribution in [1.29, 1.82) is 0 Å². The second-order valence-electron chi connectivity index (χ2n) is 5.89. The highest BCUT2D eigenvalue weighted by molar-refractivity contribution is 6.07. The number of aromatic nitrogens is 1. The molecule has 0 fully saturated rings. The molecule has 23 heavy (non-hydrogen) atoms. The zero-order chi connectivity index (χ0) is 15.4. The zero-order valence-electron chi connectivity index (χ0n) is 12.8. The molecule has 1 aliphatic rings. The fourth-order valence-corrected chi connectivity index (χ4v) is 3.61. The number of rotatable bonds is 0. The summed E-state index contributed by atoms with van der Waals surface area (Å²) in [6.45, 7) is 0. The van der Waals surface area contributed by atoms with E-state index < -0.39 is 0 Å². The Balaban J connectivity index is 2.04. The quantitative estimate of drug-likeness (QED) is 0.362. The molecule has 2 heterocycles. The van der Waals surface area contributed by atoms with Gasteiger partial charge in [0.25, 0.3) is 0 Å². The van der Waals surface area contributed by atoms with E-state index in [1.165, 1.54) is 22.2 Å². The summed E-state index contributed by atoms with van der Waals surface area (Å²) >= 11 is 0. The van der Waals surface area contributed by atoms with Crippen molar-refractivity contribution in [2.24, 2.45) is 7.05 Å². The number of fused-ring (bicyclic) bond motifs is 7. The number of aryl methyl sites for hydroxylation is 1. The molecule has 3 aromatic carbocycles.